The molecule has 0 aliphatic heterocycles. The molecule has 6 nitrogen and oxygen atoms in total. The number of carbonyl (C=O) groups is 2. The van der Waals surface area contributed by atoms with Crippen molar-refractivity contribution in [3.05, 3.63) is 12.2 Å². The Balaban J connectivity index is 3.30. The van der Waals surface area contributed by atoms with Gasteiger partial charge in [0.25, 0.3) is 0 Å². The van der Waals surface area contributed by atoms with Gasteiger partial charge in [-0.15, -0.1) is 0 Å². The van der Waals surface area contributed by atoms with E-state index < -0.39 is 12.1 Å². The standard InChI is InChI=1S/C91H179NO5/c1-3-5-7-9-11-13-15-17-19-21-23-24-42-45-48-51-55-59-63-67-71-75-79-83-89(94)88(87-93)92-90(95)84-80-76-72-68-64-60-56-52-49-46-43-40-38-36-34-32-30-28-26-25-27-29-31-33-35-37-39-41-44-47-50-54-58-62-66-70-74-78-82-86-97-91(96)85-81-77-73-69-65-61-57-53-22-20-18-16-14-12-10-8-6-4-2/h79,83,88-89,93-94H,3-78,80-82,84-87H2,1-2H3,(H,92,95)/b83-79+. The minimum atomic E-state index is -0.841. The van der Waals surface area contributed by atoms with Crippen LogP contribution in [0.25, 0.3) is 0 Å². The third-order valence-electron chi connectivity index (χ3n) is 21.8. The number of allylic oxidation sites excluding steroid dienone is 1. The summed E-state index contributed by atoms with van der Waals surface area (Å²) in [5.74, 6) is -0.0258. The fourth-order valence-corrected chi connectivity index (χ4v) is 14.9. The zero-order valence-corrected chi connectivity index (χ0v) is 66.6. The molecular weight excluding hydrogens is 1190 g/mol. The molecule has 0 aliphatic rings. The van der Waals surface area contributed by atoms with Gasteiger partial charge in [-0.2, -0.15) is 0 Å². The van der Waals surface area contributed by atoms with Crippen LogP contribution in [0, 0.1) is 0 Å². The first-order chi connectivity index (χ1) is 48.0. The quantitative estimate of drug-likeness (QED) is 0.0320. The Kier molecular flexibility index (Phi) is 85.7. The summed E-state index contributed by atoms with van der Waals surface area (Å²) in [6, 6.07) is -0.624. The predicted molar refractivity (Wildman–Crippen MR) is 430 cm³/mol. The van der Waals surface area contributed by atoms with Gasteiger partial charge in [0, 0.05) is 12.8 Å². The van der Waals surface area contributed by atoms with E-state index in [1.165, 1.54) is 469 Å². The highest BCUT2D eigenvalue weighted by molar-refractivity contribution is 5.76. The van der Waals surface area contributed by atoms with E-state index in [-0.39, 0.29) is 18.5 Å². The lowest BCUT2D eigenvalue weighted by molar-refractivity contribution is -0.143. The van der Waals surface area contributed by atoms with Crippen molar-refractivity contribution in [3.8, 4) is 0 Å². The molecule has 0 aromatic carbocycles. The van der Waals surface area contributed by atoms with Gasteiger partial charge in [0.1, 0.15) is 0 Å². The zero-order chi connectivity index (χ0) is 69.8. The number of amides is 1. The minimum Gasteiger partial charge on any atom is -0.466 e. The van der Waals surface area contributed by atoms with Crippen LogP contribution in [-0.4, -0.2) is 47.4 Å². The lowest BCUT2D eigenvalue weighted by Crippen LogP contribution is -2.45. The monoisotopic (exact) mass is 1370 g/mol. The molecule has 1 amide bonds. The van der Waals surface area contributed by atoms with Crippen molar-refractivity contribution < 1.29 is 24.5 Å². The van der Waals surface area contributed by atoms with Gasteiger partial charge in [-0.3, -0.25) is 9.59 Å². The summed E-state index contributed by atoms with van der Waals surface area (Å²) in [6.45, 7) is 4.98. The average Bonchev–Trinajstić information content (AvgIpc) is 3.39. The second-order valence-electron chi connectivity index (χ2n) is 31.7. The van der Waals surface area contributed by atoms with Crippen LogP contribution < -0.4 is 5.32 Å². The molecule has 578 valence electrons. The van der Waals surface area contributed by atoms with E-state index in [2.05, 4.69) is 19.2 Å². The van der Waals surface area contributed by atoms with Gasteiger partial charge >= 0.3 is 5.97 Å². The van der Waals surface area contributed by atoms with Crippen LogP contribution in [-0.2, 0) is 14.3 Å². The van der Waals surface area contributed by atoms with Gasteiger partial charge in [-0.05, 0) is 32.1 Å². The molecule has 0 saturated carbocycles. The summed E-state index contributed by atoms with van der Waals surface area (Å²) < 4.78 is 5.53. The summed E-state index contributed by atoms with van der Waals surface area (Å²) in [6.07, 6.45) is 113. The number of aliphatic hydroxyl groups excluding tert-OH is 2. The van der Waals surface area contributed by atoms with Crippen LogP contribution in [0.4, 0.5) is 0 Å². The molecule has 0 heterocycles. The maximum Gasteiger partial charge on any atom is 0.305 e. The Labute approximate surface area is 609 Å². The molecule has 0 spiro atoms. The molecule has 0 radical (unpaired) electrons. The predicted octanol–water partition coefficient (Wildman–Crippen LogP) is 30.6. The van der Waals surface area contributed by atoms with Gasteiger partial charge in [-0.1, -0.05) is 501 Å². The first-order valence-corrected chi connectivity index (χ1v) is 45.5. The first kappa shape index (κ1) is 95.6. The number of hydrogen-bond acceptors (Lipinski definition) is 5. The van der Waals surface area contributed by atoms with Crippen molar-refractivity contribution in [2.24, 2.45) is 0 Å². The molecule has 0 aliphatic carbocycles. The Morgan fingerprint density at radius 1 is 0.278 bits per heavy atom. The molecule has 97 heavy (non-hydrogen) atoms. The number of unbranched alkanes of at least 4 members (excludes halogenated alkanes) is 76. The summed E-state index contributed by atoms with van der Waals surface area (Å²) >= 11 is 0. The number of aliphatic hydroxyl groups is 2. The van der Waals surface area contributed by atoms with Crippen LogP contribution in [0.15, 0.2) is 12.2 Å². The molecule has 0 aromatic heterocycles. The number of carbonyl (C=O) groups excluding carboxylic acids is 2. The number of rotatable bonds is 87. The Morgan fingerprint density at radius 3 is 0.701 bits per heavy atom. The number of ether oxygens (including phenoxy) is 1. The van der Waals surface area contributed by atoms with Crippen molar-refractivity contribution in [3.63, 3.8) is 0 Å². The normalized spacial score (nSPS) is 12.4. The van der Waals surface area contributed by atoms with Crippen LogP contribution in [0.1, 0.15) is 534 Å². The van der Waals surface area contributed by atoms with Crippen molar-refractivity contribution in [1.82, 2.24) is 5.32 Å². The van der Waals surface area contributed by atoms with Crippen LogP contribution >= 0.6 is 0 Å². The van der Waals surface area contributed by atoms with Crippen molar-refractivity contribution in [2.45, 2.75) is 546 Å². The minimum absolute atomic E-state index is 0.0299. The molecule has 2 unspecified atom stereocenters. The topological polar surface area (TPSA) is 95.9 Å². The summed E-state index contributed by atoms with van der Waals surface area (Å²) in [5, 5.41) is 23.3. The summed E-state index contributed by atoms with van der Waals surface area (Å²) in [5.41, 5.74) is 0. The highest BCUT2D eigenvalue weighted by Gasteiger charge is 2.18. The molecule has 3 N–H and O–H groups in total. The fourth-order valence-electron chi connectivity index (χ4n) is 14.9. The zero-order valence-electron chi connectivity index (χ0n) is 66.6. The van der Waals surface area contributed by atoms with Crippen molar-refractivity contribution in [2.75, 3.05) is 13.2 Å². The van der Waals surface area contributed by atoms with E-state index >= 15 is 0 Å². The van der Waals surface area contributed by atoms with E-state index in [1.54, 1.807) is 6.08 Å². The van der Waals surface area contributed by atoms with Crippen molar-refractivity contribution >= 4 is 11.9 Å². The Morgan fingerprint density at radius 2 is 0.474 bits per heavy atom. The number of hydrogen-bond donors (Lipinski definition) is 3. The molecule has 0 saturated heterocycles. The van der Waals surface area contributed by atoms with E-state index in [1.807, 2.05) is 6.08 Å². The molecule has 0 bridgehead atoms. The van der Waals surface area contributed by atoms with Gasteiger partial charge < -0.3 is 20.3 Å². The maximum absolute atomic E-state index is 12.6. The third-order valence-corrected chi connectivity index (χ3v) is 21.8. The third kappa shape index (κ3) is 83.4. The highest BCUT2D eigenvalue weighted by Crippen LogP contribution is 2.22. The summed E-state index contributed by atoms with van der Waals surface area (Å²) in [7, 11) is 0. The van der Waals surface area contributed by atoms with E-state index in [4.69, 9.17) is 4.74 Å². The number of esters is 1. The van der Waals surface area contributed by atoms with Crippen molar-refractivity contribution in [1.29, 1.82) is 0 Å². The fraction of sp³-hybridized carbons (Fsp3) is 0.956. The van der Waals surface area contributed by atoms with Crippen LogP contribution in [0.3, 0.4) is 0 Å². The van der Waals surface area contributed by atoms with Crippen LogP contribution in [0.5, 0.6) is 0 Å². The molecule has 0 rings (SSSR count). The lowest BCUT2D eigenvalue weighted by Gasteiger charge is -2.20. The molecule has 2 atom stereocenters. The smallest absolute Gasteiger partial charge is 0.305 e. The van der Waals surface area contributed by atoms with Gasteiger partial charge in [0.05, 0.1) is 25.4 Å². The maximum atomic E-state index is 12.6. The Hall–Kier alpha value is -1.40. The molecule has 6 heteroatoms. The second-order valence-corrected chi connectivity index (χ2v) is 31.7. The average molecular weight is 1370 g/mol. The van der Waals surface area contributed by atoms with Gasteiger partial charge in [-0.25, -0.2) is 0 Å². The van der Waals surface area contributed by atoms with E-state index in [0.717, 1.165) is 38.5 Å². The largest absolute Gasteiger partial charge is 0.466 e. The number of nitrogens with one attached hydrogen (secondary N) is 1. The van der Waals surface area contributed by atoms with Crippen LogP contribution in [0.2, 0.25) is 0 Å². The molecule has 0 fully saturated rings. The SMILES string of the molecule is CCCCCCCCCCCCCCCCCCCCCCC/C=C/C(O)C(CO)NC(=O)CCCCCCCCCCCCCCCCCCCCCCCCCCCCCCCCCCCCCCCCCOC(=O)CCCCCCCCCCCCCCCCCCCC. The lowest BCUT2D eigenvalue weighted by atomic mass is 10.0. The van der Waals surface area contributed by atoms with E-state index in [0.29, 0.717) is 19.4 Å². The highest BCUT2D eigenvalue weighted by atomic mass is 16.5. The second kappa shape index (κ2) is 87.0. The van der Waals surface area contributed by atoms with Gasteiger partial charge in [0.2, 0.25) is 5.91 Å². The molecule has 0 aromatic rings. The molecular formula is C91H179NO5. The first-order valence-electron chi connectivity index (χ1n) is 45.5. The Bertz CT molecular complexity index is 1480. The van der Waals surface area contributed by atoms with Gasteiger partial charge in [0.15, 0.2) is 0 Å². The van der Waals surface area contributed by atoms with E-state index in [9.17, 15) is 19.8 Å². The summed E-state index contributed by atoms with van der Waals surface area (Å²) in [4.78, 5) is 24.7.